The zero-order valence-electron chi connectivity index (χ0n) is 10.7. The van der Waals surface area contributed by atoms with Crippen LogP contribution in [0.4, 0.5) is 14.5 Å². The largest absolute Gasteiger partial charge is 0.398 e. The van der Waals surface area contributed by atoms with Crippen LogP contribution in [0.3, 0.4) is 0 Å². The zero-order valence-corrected chi connectivity index (χ0v) is 10.7. The van der Waals surface area contributed by atoms with Crippen molar-refractivity contribution in [3.05, 3.63) is 29.6 Å². The highest BCUT2D eigenvalue weighted by atomic mass is 19.2. The molecule has 2 rings (SSSR count). The summed E-state index contributed by atoms with van der Waals surface area (Å²) in [6, 6.07) is 1.79. The fourth-order valence-electron chi connectivity index (χ4n) is 1.42. The highest BCUT2D eigenvalue weighted by Crippen LogP contribution is 2.29. The number of hydrogen-bond acceptors (Lipinski definition) is 5. The highest BCUT2D eigenvalue weighted by Gasteiger charge is 2.27. The molecule has 1 aromatic carbocycles. The summed E-state index contributed by atoms with van der Waals surface area (Å²) in [5, 5.41) is 3.75. The number of nitrogens with two attached hydrogens (primary N) is 1. The average Bonchev–Trinajstić information content (AvgIpc) is 2.84. The first-order valence-electron chi connectivity index (χ1n) is 5.49. The van der Waals surface area contributed by atoms with E-state index in [4.69, 9.17) is 15.0 Å². The summed E-state index contributed by atoms with van der Waals surface area (Å²) in [6.07, 6.45) is 0. The minimum absolute atomic E-state index is 0.0107. The number of benzene rings is 1. The summed E-state index contributed by atoms with van der Waals surface area (Å²) in [5.41, 5.74) is 5.01. The first-order valence-corrected chi connectivity index (χ1v) is 5.49. The molecule has 1 aromatic heterocycles. The molecule has 0 bridgehead atoms. The lowest BCUT2D eigenvalue weighted by Gasteiger charge is -2.17. The zero-order chi connectivity index (χ0) is 14.2. The van der Waals surface area contributed by atoms with Crippen molar-refractivity contribution < 1.29 is 18.0 Å². The Bertz CT molecular complexity index is 611. The van der Waals surface area contributed by atoms with Crippen molar-refractivity contribution in [1.29, 1.82) is 0 Å². The molecular weight excluding hydrogens is 256 g/mol. The van der Waals surface area contributed by atoms with E-state index in [2.05, 4.69) is 10.1 Å². The normalized spacial score (nSPS) is 11.8. The van der Waals surface area contributed by atoms with Gasteiger partial charge in [-0.05, 0) is 19.9 Å². The maximum absolute atomic E-state index is 13.2. The average molecular weight is 269 g/mol. The van der Waals surface area contributed by atoms with Crippen molar-refractivity contribution in [3.63, 3.8) is 0 Å². The third-order valence-corrected chi connectivity index (χ3v) is 2.80. The Labute approximate surface area is 108 Å². The van der Waals surface area contributed by atoms with Crippen molar-refractivity contribution in [2.75, 3.05) is 12.8 Å². The molecule has 7 heteroatoms. The molecule has 0 aliphatic heterocycles. The molecule has 0 radical (unpaired) electrons. The van der Waals surface area contributed by atoms with Crippen molar-refractivity contribution >= 4 is 5.69 Å². The summed E-state index contributed by atoms with van der Waals surface area (Å²) in [7, 11) is 1.50. The molecule has 0 amide bonds. The lowest BCUT2D eigenvalue weighted by Crippen LogP contribution is -2.21. The number of anilines is 1. The SMILES string of the molecule is COC(C)(C)c1noc(-c2cc(F)c(F)cc2N)n1. The van der Waals surface area contributed by atoms with E-state index in [9.17, 15) is 8.78 Å². The lowest BCUT2D eigenvalue weighted by molar-refractivity contribution is 0.00973. The Morgan fingerprint density at radius 3 is 2.53 bits per heavy atom. The fraction of sp³-hybridized carbons (Fsp3) is 0.333. The fourth-order valence-corrected chi connectivity index (χ4v) is 1.42. The van der Waals surface area contributed by atoms with Crippen molar-refractivity contribution in [1.82, 2.24) is 10.1 Å². The predicted octanol–water partition coefficient (Wildman–Crippen LogP) is 2.48. The van der Waals surface area contributed by atoms with Crippen LogP contribution in [0.15, 0.2) is 16.7 Å². The molecule has 0 aliphatic carbocycles. The monoisotopic (exact) mass is 269 g/mol. The van der Waals surface area contributed by atoms with E-state index in [1.807, 2.05) is 0 Å². The van der Waals surface area contributed by atoms with Crippen LogP contribution in [0.25, 0.3) is 11.5 Å². The maximum atomic E-state index is 13.2. The van der Waals surface area contributed by atoms with E-state index >= 15 is 0 Å². The van der Waals surface area contributed by atoms with Gasteiger partial charge in [-0.15, -0.1) is 0 Å². The third-order valence-electron chi connectivity index (χ3n) is 2.80. The van der Waals surface area contributed by atoms with Gasteiger partial charge < -0.3 is 15.0 Å². The molecule has 2 N–H and O–H groups in total. The van der Waals surface area contributed by atoms with E-state index in [-0.39, 0.29) is 23.0 Å². The quantitative estimate of drug-likeness (QED) is 0.866. The Morgan fingerprint density at radius 2 is 1.89 bits per heavy atom. The minimum Gasteiger partial charge on any atom is -0.398 e. The van der Waals surface area contributed by atoms with Gasteiger partial charge in [0, 0.05) is 18.9 Å². The Kier molecular flexibility index (Phi) is 3.23. The second-order valence-electron chi connectivity index (χ2n) is 4.49. The van der Waals surface area contributed by atoms with Crippen LogP contribution in [0.2, 0.25) is 0 Å². The number of methoxy groups -OCH3 is 1. The van der Waals surface area contributed by atoms with Crippen LogP contribution in [0, 0.1) is 11.6 Å². The van der Waals surface area contributed by atoms with E-state index < -0.39 is 17.2 Å². The summed E-state index contributed by atoms with van der Waals surface area (Å²) in [5.74, 6) is -1.76. The Morgan fingerprint density at radius 1 is 1.26 bits per heavy atom. The van der Waals surface area contributed by atoms with Gasteiger partial charge in [-0.3, -0.25) is 0 Å². The summed E-state index contributed by atoms with van der Waals surface area (Å²) in [4.78, 5) is 4.08. The molecule has 0 unspecified atom stereocenters. The summed E-state index contributed by atoms with van der Waals surface area (Å²) < 4.78 is 36.4. The molecule has 0 atom stereocenters. The van der Waals surface area contributed by atoms with Gasteiger partial charge in [-0.2, -0.15) is 4.98 Å². The van der Waals surface area contributed by atoms with Gasteiger partial charge in [0.05, 0.1) is 5.56 Å². The van der Waals surface area contributed by atoms with Crippen molar-refractivity contribution in [2.24, 2.45) is 0 Å². The van der Waals surface area contributed by atoms with Crippen LogP contribution in [0.1, 0.15) is 19.7 Å². The molecule has 102 valence electrons. The second kappa shape index (κ2) is 4.58. The van der Waals surface area contributed by atoms with Gasteiger partial charge in [0.2, 0.25) is 5.82 Å². The van der Waals surface area contributed by atoms with Crippen molar-refractivity contribution in [2.45, 2.75) is 19.4 Å². The molecule has 1 heterocycles. The number of aromatic nitrogens is 2. The molecule has 0 saturated carbocycles. The third kappa shape index (κ3) is 2.41. The number of rotatable bonds is 3. The van der Waals surface area contributed by atoms with Crippen LogP contribution in [-0.2, 0) is 10.3 Å². The number of nitrogen functional groups attached to an aromatic ring is 1. The summed E-state index contributed by atoms with van der Waals surface area (Å²) >= 11 is 0. The molecule has 19 heavy (non-hydrogen) atoms. The van der Waals surface area contributed by atoms with E-state index in [1.54, 1.807) is 13.8 Å². The van der Waals surface area contributed by atoms with Crippen LogP contribution >= 0.6 is 0 Å². The number of halogens is 2. The predicted molar refractivity (Wildman–Crippen MR) is 64.1 cm³/mol. The number of ether oxygens (including phenoxy) is 1. The standard InChI is InChI=1S/C12H13F2N3O2/c1-12(2,18-3)11-16-10(19-17-11)6-4-7(13)8(14)5-9(6)15/h4-5H,15H2,1-3H3. The molecule has 5 nitrogen and oxygen atoms in total. The van der Waals surface area contributed by atoms with Gasteiger partial charge in [0.25, 0.3) is 5.89 Å². The van der Waals surface area contributed by atoms with E-state index in [0.717, 1.165) is 12.1 Å². The molecule has 0 fully saturated rings. The van der Waals surface area contributed by atoms with Gasteiger partial charge in [0.1, 0.15) is 5.60 Å². The highest BCUT2D eigenvalue weighted by molar-refractivity contribution is 5.70. The summed E-state index contributed by atoms with van der Waals surface area (Å²) in [6.45, 7) is 3.49. The maximum Gasteiger partial charge on any atom is 0.260 e. The van der Waals surface area contributed by atoms with Gasteiger partial charge in [-0.1, -0.05) is 5.16 Å². The molecule has 0 saturated heterocycles. The van der Waals surface area contributed by atoms with Gasteiger partial charge >= 0.3 is 0 Å². The molecule has 2 aromatic rings. The molecule has 0 spiro atoms. The van der Waals surface area contributed by atoms with Crippen molar-refractivity contribution in [3.8, 4) is 11.5 Å². The molecule has 0 aliphatic rings. The van der Waals surface area contributed by atoms with Gasteiger partial charge in [0.15, 0.2) is 11.6 Å². The van der Waals surface area contributed by atoms with Crippen LogP contribution < -0.4 is 5.73 Å². The topological polar surface area (TPSA) is 74.2 Å². The van der Waals surface area contributed by atoms with Gasteiger partial charge in [-0.25, -0.2) is 8.78 Å². The van der Waals surface area contributed by atoms with Crippen LogP contribution in [-0.4, -0.2) is 17.3 Å². The lowest BCUT2D eigenvalue weighted by atomic mass is 10.1. The van der Waals surface area contributed by atoms with E-state index in [0.29, 0.717) is 0 Å². The Hall–Kier alpha value is -2.02. The first kappa shape index (κ1) is 13.4. The smallest absolute Gasteiger partial charge is 0.260 e. The number of hydrogen-bond donors (Lipinski definition) is 1. The molecular formula is C12H13F2N3O2. The van der Waals surface area contributed by atoms with E-state index in [1.165, 1.54) is 7.11 Å². The Balaban J connectivity index is 2.47. The second-order valence-corrected chi connectivity index (χ2v) is 4.49. The number of nitrogens with zero attached hydrogens (tertiary/aromatic N) is 2. The van der Waals surface area contributed by atoms with Crippen LogP contribution in [0.5, 0.6) is 0 Å². The first-order chi connectivity index (χ1) is 8.85. The minimum atomic E-state index is -1.03.